The van der Waals surface area contributed by atoms with Crippen molar-refractivity contribution in [1.82, 2.24) is 4.72 Å². The predicted molar refractivity (Wildman–Crippen MR) is 68.0 cm³/mol. The highest BCUT2D eigenvalue weighted by atomic mass is 32.2. The van der Waals surface area contributed by atoms with Crippen molar-refractivity contribution in [3.8, 4) is 6.07 Å². The van der Waals surface area contributed by atoms with Crippen LogP contribution in [0.2, 0.25) is 0 Å². The van der Waals surface area contributed by atoms with E-state index < -0.39 is 10.2 Å². The molecule has 96 valence electrons. The van der Waals surface area contributed by atoms with E-state index in [1.54, 1.807) is 24.3 Å². The summed E-state index contributed by atoms with van der Waals surface area (Å²) < 4.78 is 27.6. The Bertz CT molecular complexity index is 579. The molecule has 1 atom stereocenters. The van der Waals surface area contributed by atoms with Gasteiger partial charge < -0.3 is 5.73 Å². The van der Waals surface area contributed by atoms with Crippen LogP contribution in [-0.4, -0.2) is 28.1 Å². The summed E-state index contributed by atoms with van der Waals surface area (Å²) in [6.07, 6.45) is 0. The normalized spacial score (nSPS) is 22.4. The molecule has 3 N–H and O–H groups in total. The lowest BCUT2D eigenvalue weighted by Gasteiger charge is -2.33. The zero-order chi connectivity index (χ0) is 13.2. The van der Waals surface area contributed by atoms with Gasteiger partial charge in [0.15, 0.2) is 0 Å². The summed E-state index contributed by atoms with van der Waals surface area (Å²) in [6.45, 7) is 1.03. The first-order valence-corrected chi connectivity index (χ1v) is 6.99. The second kappa shape index (κ2) is 4.94. The molecule has 6 nitrogen and oxygen atoms in total. The molecule has 1 fully saturated rings. The molecule has 1 unspecified atom stereocenters. The van der Waals surface area contributed by atoms with Gasteiger partial charge >= 0.3 is 10.2 Å². The fourth-order valence-corrected chi connectivity index (χ4v) is 3.30. The average Bonchev–Trinajstić information content (AvgIpc) is 2.38. The fourth-order valence-electron chi connectivity index (χ4n) is 1.87. The van der Waals surface area contributed by atoms with Crippen molar-refractivity contribution >= 4 is 15.9 Å². The van der Waals surface area contributed by atoms with Crippen LogP contribution in [0.3, 0.4) is 0 Å². The third-order valence-corrected chi connectivity index (χ3v) is 4.35. The monoisotopic (exact) mass is 266 g/mol. The molecular formula is C11H14N4O2S. The summed E-state index contributed by atoms with van der Waals surface area (Å²) in [5, 5.41) is 9.03. The molecule has 1 saturated heterocycles. The molecule has 1 aromatic rings. The van der Waals surface area contributed by atoms with E-state index in [0.717, 1.165) is 0 Å². The Morgan fingerprint density at radius 1 is 1.50 bits per heavy atom. The molecule has 0 radical (unpaired) electrons. The molecule has 1 aliphatic rings. The zero-order valence-electron chi connectivity index (χ0n) is 9.70. The number of hydrogen-bond donors (Lipinski definition) is 2. The van der Waals surface area contributed by atoms with Crippen LogP contribution in [-0.2, 0) is 10.2 Å². The first-order valence-electron chi connectivity index (χ1n) is 5.55. The third kappa shape index (κ3) is 2.31. The Kier molecular flexibility index (Phi) is 3.52. The number of hydrogen-bond acceptors (Lipinski definition) is 4. The first-order chi connectivity index (χ1) is 8.58. The molecule has 7 heteroatoms. The number of nitrogens with one attached hydrogen (secondary N) is 1. The van der Waals surface area contributed by atoms with Crippen LogP contribution in [0.1, 0.15) is 5.56 Å². The molecule has 0 bridgehead atoms. The predicted octanol–water partition coefficient (Wildman–Crippen LogP) is -0.212. The molecule has 2 rings (SSSR count). The maximum atomic E-state index is 12.0. The Balaban J connectivity index is 2.43. The standard InChI is InChI=1S/C11H14N4O2S/c12-5-9-7-14-18(16,17)15(8-9)11-4-2-1-3-10(11)6-13/h1-4,9,14H,5,7-8,12H2. The molecule has 0 spiro atoms. The van der Waals surface area contributed by atoms with Crippen molar-refractivity contribution in [2.24, 2.45) is 11.7 Å². The number of nitrogens with zero attached hydrogens (tertiary/aromatic N) is 2. The zero-order valence-corrected chi connectivity index (χ0v) is 10.5. The maximum absolute atomic E-state index is 12.0. The van der Waals surface area contributed by atoms with Crippen LogP contribution in [0, 0.1) is 17.2 Å². The third-order valence-electron chi connectivity index (χ3n) is 2.90. The smallest absolute Gasteiger partial charge is 0.301 e. The van der Waals surface area contributed by atoms with E-state index in [4.69, 9.17) is 11.0 Å². The van der Waals surface area contributed by atoms with Gasteiger partial charge in [0.1, 0.15) is 6.07 Å². The Morgan fingerprint density at radius 3 is 2.89 bits per heavy atom. The highest BCUT2D eigenvalue weighted by Gasteiger charge is 2.31. The first kappa shape index (κ1) is 12.8. The van der Waals surface area contributed by atoms with Crippen molar-refractivity contribution in [3.63, 3.8) is 0 Å². The summed E-state index contributed by atoms with van der Waals surface area (Å²) in [5.41, 5.74) is 6.30. The number of nitrogens with two attached hydrogens (primary N) is 1. The summed E-state index contributed by atoms with van der Waals surface area (Å²) >= 11 is 0. The van der Waals surface area contributed by atoms with Gasteiger partial charge in [-0.2, -0.15) is 18.4 Å². The van der Waals surface area contributed by atoms with Gasteiger partial charge in [0.2, 0.25) is 0 Å². The molecule has 1 aromatic carbocycles. The Morgan fingerprint density at radius 2 is 2.22 bits per heavy atom. The fraction of sp³-hybridized carbons (Fsp3) is 0.364. The van der Waals surface area contributed by atoms with Gasteiger partial charge in [-0.15, -0.1) is 0 Å². The molecule has 0 amide bonds. The minimum Gasteiger partial charge on any atom is -0.330 e. The molecule has 1 heterocycles. The average molecular weight is 266 g/mol. The summed E-state index contributed by atoms with van der Waals surface area (Å²) in [5.74, 6) is 0.0419. The van der Waals surface area contributed by atoms with Crippen molar-refractivity contribution in [2.45, 2.75) is 0 Å². The SMILES string of the molecule is N#Cc1ccccc1N1CC(CN)CNS1(=O)=O. The van der Waals surface area contributed by atoms with Gasteiger partial charge in [-0.1, -0.05) is 12.1 Å². The van der Waals surface area contributed by atoms with Crippen LogP contribution in [0.25, 0.3) is 0 Å². The van der Waals surface area contributed by atoms with Crippen LogP contribution in [0.4, 0.5) is 5.69 Å². The highest BCUT2D eigenvalue weighted by Crippen LogP contribution is 2.25. The Hall–Kier alpha value is -1.62. The van der Waals surface area contributed by atoms with Gasteiger partial charge in [-0.3, -0.25) is 4.31 Å². The number of anilines is 1. The van der Waals surface area contributed by atoms with Gasteiger partial charge in [0.05, 0.1) is 11.3 Å². The largest absolute Gasteiger partial charge is 0.330 e. The number of rotatable bonds is 2. The van der Waals surface area contributed by atoms with Crippen molar-refractivity contribution in [2.75, 3.05) is 23.9 Å². The lowest BCUT2D eigenvalue weighted by Crippen LogP contribution is -2.53. The van der Waals surface area contributed by atoms with Crippen LogP contribution in [0.5, 0.6) is 0 Å². The lowest BCUT2D eigenvalue weighted by molar-refractivity contribution is 0.486. The molecule has 0 aliphatic carbocycles. The highest BCUT2D eigenvalue weighted by molar-refractivity contribution is 7.90. The number of benzene rings is 1. The van der Waals surface area contributed by atoms with Crippen LogP contribution < -0.4 is 14.8 Å². The number of nitriles is 1. The van der Waals surface area contributed by atoms with E-state index in [2.05, 4.69) is 4.72 Å². The summed E-state index contributed by atoms with van der Waals surface area (Å²) in [4.78, 5) is 0. The second-order valence-electron chi connectivity index (χ2n) is 4.12. The van der Waals surface area contributed by atoms with Gasteiger partial charge in [-0.05, 0) is 18.7 Å². The van der Waals surface area contributed by atoms with Crippen molar-refractivity contribution in [3.05, 3.63) is 29.8 Å². The Labute approximate surface area is 106 Å². The molecule has 18 heavy (non-hydrogen) atoms. The minimum absolute atomic E-state index is 0.0419. The van der Waals surface area contributed by atoms with Crippen molar-refractivity contribution < 1.29 is 8.42 Å². The van der Waals surface area contributed by atoms with Gasteiger partial charge in [0, 0.05) is 19.0 Å². The van der Waals surface area contributed by atoms with Crippen LogP contribution >= 0.6 is 0 Å². The van der Waals surface area contributed by atoms with E-state index in [1.807, 2.05) is 6.07 Å². The van der Waals surface area contributed by atoms with E-state index in [9.17, 15) is 8.42 Å². The second-order valence-corrected chi connectivity index (χ2v) is 5.79. The topological polar surface area (TPSA) is 99.2 Å². The van der Waals surface area contributed by atoms with Crippen LogP contribution in [0.15, 0.2) is 24.3 Å². The molecule has 1 aliphatic heterocycles. The lowest BCUT2D eigenvalue weighted by atomic mass is 10.1. The maximum Gasteiger partial charge on any atom is 0.301 e. The van der Waals surface area contributed by atoms with Crippen molar-refractivity contribution in [1.29, 1.82) is 5.26 Å². The van der Waals surface area contributed by atoms with Gasteiger partial charge in [0.25, 0.3) is 0 Å². The quantitative estimate of drug-likeness (QED) is 0.773. The van der Waals surface area contributed by atoms with Gasteiger partial charge in [-0.25, -0.2) is 0 Å². The molecule has 0 saturated carbocycles. The van der Waals surface area contributed by atoms with E-state index >= 15 is 0 Å². The molecule has 0 aromatic heterocycles. The number of para-hydroxylation sites is 1. The molecular weight excluding hydrogens is 252 g/mol. The van der Waals surface area contributed by atoms with E-state index in [1.165, 1.54) is 4.31 Å². The van der Waals surface area contributed by atoms with E-state index in [-0.39, 0.29) is 5.92 Å². The summed E-state index contributed by atoms with van der Waals surface area (Å²) in [6, 6.07) is 8.62. The minimum atomic E-state index is -3.58. The summed E-state index contributed by atoms with van der Waals surface area (Å²) in [7, 11) is -3.58. The van der Waals surface area contributed by atoms with E-state index in [0.29, 0.717) is 30.9 Å².